The third-order valence-electron chi connectivity index (χ3n) is 3.17. The lowest BCUT2D eigenvalue weighted by atomic mass is 10.1. The van der Waals surface area contributed by atoms with E-state index in [0.29, 0.717) is 12.3 Å². The molecule has 0 aliphatic carbocycles. The molecule has 0 unspecified atom stereocenters. The molecule has 0 heterocycles. The van der Waals surface area contributed by atoms with Crippen LogP contribution in [-0.2, 0) is 6.54 Å². The first-order chi connectivity index (χ1) is 10.1. The van der Waals surface area contributed by atoms with Gasteiger partial charge in [-0.2, -0.15) is 0 Å². The summed E-state index contributed by atoms with van der Waals surface area (Å²) in [7, 11) is 3.33. The molecule has 21 heavy (non-hydrogen) atoms. The predicted molar refractivity (Wildman–Crippen MR) is 80.1 cm³/mol. The molecule has 0 aliphatic rings. The van der Waals surface area contributed by atoms with Crippen molar-refractivity contribution in [1.82, 2.24) is 4.90 Å². The lowest BCUT2D eigenvalue weighted by molar-refractivity contribution is 0.0939. The maximum absolute atomic E-state index is 13.3. The van der Waals surface area contributed by atoms with Crippen molar-refractivity contribution in [2.75, 3.05) is 20.7 Å². The zero-order chi connectivity index (χ0) is 15.2. The van der Waals surface area contributed by atoms with E-state index in [-0.39, 0.29) is 17.9 Å². The number of rotatable bonds is 6. The highest BCUT2D eigenvalue weighted by molar-refractivity contribution is 6.00. The number of likely N-dealkylation sites (N-methyl/N-ethyl adjacent to an activating group) is 1. The highest BCUT2D eigenvalue weighted by Gasteiger charge is 2.15. The van der Waals surface area contributed by atoms with Crippen molar-refractivity contribution in [3.05, 3.63) is 65.5 Å². The van der Waals surface area contributed by atoms with Crippen LogP contribution in [0.5, 0.6) is 5.75 Å². The van der Waals surface area contributed by atoms with Gasteiger partial charge in [-0.3, -0.25) is 9.69 Å². The van der Waals surface area contributed by atoms with Crippen molar-refractivity contribution >= 4 is 5.78 Å². The van der Waals surface area contributed by atoms with Gasteiger partial charge in [0.05, 0.1) is 19.2 Å². The Morgan fingerprint density at radius 1 is 1.19 bits per heavy atom. The minimum Gasteiger partial charge on any atom is -0.496 e. The fourth-order valence-electron chi connectivity index (χ4n) is 2.18. The molecule has 0 fully saturated rings. The van der Waals surface area contributed by atoms with Crippen LogP contribution >= 0.6 is 0 Å². The maximum atomic E-state index is 13.3. The Morgan fingerprint density at radius 2 is 1.90 bits per heavy atom. The summed E-state index contributed by atoms with van der Waals surface area (Å²) < 4.78 is 18.4. The minimum atomic E-state index is -0.440. The molecule has 0 saturated heterocycles. The summed E-state index contributed by atoms with van der Waals surface area (Å²) in [6.07, 6.45) is 0. The average molecular weight is 287 g/mol. The quantitative estimate of drug-likeness (QED) is 0.764. The van der Waals surface area contributed by atoms with Gasteiger partial charge in [-0.25, -0.2) is 4.39 Å². The van der Waals surface area contributed by atoms with Crippen LogP contribution in [0, 0.1) is 5.82 Å². The van der Waals surface area contributed by atoms with E-state index in [1.165, 1.54) is 25.3 Å². The largest absolute Gasteiger partial charge is 0.496 e. The lowest BCUT2D eigenvalue weighted by Crippen LogP contribution is -2.26. The van der Waals surface area contributed by atoms with Gasteiger partial charge in [-0.1, -0.05) is 30.3 Å². The fraction of sp³-hybridized carbons (Fsp3) is 0.235. The summed E-state index contributed by atoms with van der Waals surface area (Å²) in [4.78, 5) is 14.2. The molecule has 4 heteroatoms. The smallest absolute Gasteiger partial charge is 0.180 e. The van der Waals surface area contributed by atoms with Crippen LogP contribution in [0.3, 0.4) is 0 Å². The molecule has 0 saturated carbocycles. The van der Waals surface area contributed by atoms with Gasteiger partial charge in [0.25, 0.3) is 0 Å². The second-order valence-electron chi connectivity index (χ2n) is 4.93. The molecule has 110 valence electrons. The molecule has 3 nitrogen and oxygen atoms in total. The van der Waals surface area contributed by atoms with Gasteiger partial charge in [0.2, 0.25) is 0 Å². The van der Waals surface area contributed by atoms with Crippen molar-refractivity contribution < 1.29 is 13.9 Å². The van der Waals surface area contributed by atoms with Gasteiger partial charge < -0.3 is 4.74 Å². The number of methoxy groups -OCH3 is 1. The third kappa shape index (κ3) is 4.13. The van der Waals surface area contributed by atoms with Crippen molar-refractivity contribution in [1.29, 1.82) is 0 Å². The number of carbonyl (C=O) groups excluding carboxylic acids is 1. The maximum Gasteiger partial charge on any atom is 0.180 e. The Balaban J connectivity index is 2.06. The molecule has 2 aromatic rings. The van der Waals surface area contributed by atoms with Gasteiger partial charge in [-0.15, -0.1) is 0 Å². The van der Waals surface area contributed by atoms with Gasteiger partial charge in [0, 0.05) is 6.54 Å². The van der Waals surface area contributed by atoms with Crippen LogP contribution in [0.25, 0.3) is 0 Å². The van der Waals surface area contributed by atoms with E-state index >= 15 is 0 Å². The average Bonchev–Trinajstić information content (AvgIpc) is 2.48. The van der Waals surface area contributed by atoms with Crippen LogP contribution in [0.15, 0.2) is 48.5 Å². The predicted octanol–water partition coefficient (Wildman–Crippen LogP) is 3.15. The fourth-order valence-corrected chi connectivity index (χ4v) is 2.18. The standard InChI is InChI=1S/C17H18FNO2/c1-19(11-13-6-4-3-5-7-13)12-16(20)15-10-14(18)8-9-17(15)21-2/h3-10H,11-12H2,1-2H3. The zero-order valence-electron chi connectivity index (χ0n) is 12.2. The summed E-state index contributed by atoms with van der Waals surface area (Å²) in [5.41, 5.74) is 1.40. The number of benzene rings is 2. The first-order valence-electron chi connectivity index (χ1n) is 6.69. The van der Waals surface area contributed by atoms with E-state index in [0.717, 1.165) is 5.56 Å². The lowest BCUT2D eigenvalue weighted by Gasteiger charge is -2.16. The first kappa shape index (κ1) is 15.2. The molecule has 0 aliphatic heterocycles. The van der Waals surface area contributed by atoms with Gasteiger partial charge in [0.1, 0.15) is 11.6 Å². The Morgan fingerprint density at radius 3 is 2.57 bits per heavy atom. The Hall–Kier alpha value is -2.20. The van der Waals surface area contributed by atoms with Gasteiger partial charge in [-0.05, 0) is 30.8 Å². The van der Waals surface area contributed by atoms with Crippen LogP contribution in [0.1, 0.15) is 15.9 Å². The number of halogens is 1. The Labute approximate surface area is 124 Å². The third-order valence-corrected chi connectivity index (χ3v) is 3.17. The number of Topliss-reactive ketones (excluding diaryl/α,β-unsaturated/α-hetero) is 1. The molecular weight excluding hydrogens is 269 g/mol. The summed E-state index contributed by atoms with van der Waals surface area (Å²) in [5, 5.41) is 0. The molecular formula is C17H18FNO2. The number of hydrogen-bond acceptors (Lipinski definition) is 3. The SMILES string of the molecule is COc1ccc(F)cc1C(=O)CN(C)Cc1ccccc1. The monoisotopic (exact) mass is 287 g/mol. The van der Waals surface area contributed by atoms with Crippen LogP contribution < -0.4 is 4.74 Å². The van der Waals surface area contributed by atoms with E-state index < -0.39 is 5.82 Å². The molecule has 0 amide bonds. The Bertz CT molecular complexity index is 613. The highest BCUT2D eigenvalue weighted by Crippen LogP contribution is 2.20. The number of ketones is 1. The summed E-state index contributed by atoms with van der Waals surface area (Å²) >= 11 is 0. The number of ether oxygens (including phenoxy) is 1. The molecule has 2 rings (SSSR count). The summed E-state index contributed by atoms with van der Waals surface area (Å²) in [6.45, 7) is 0.860. The number of carbonyl (C=O) groups is 1. The number of nitrogens with zero attached hydrogens (tertiary/aromatic N) is 1. The van der Waals surface area contributed by atoms with Crippen LogP contribution in [-0.4, -0.2) is 31.4 Å². The van der Waals surface area contributed by atoms with Gasteiger partial charge >= 0.3 is 0 Å². The molecule has 0 atom stereocenters. The number of hydrogen-bond donors (Lipinski definition) is 0. The van der Waals surface area contributed by atoms with E-state index in [2.05, 4.69) is 0 Å². The van der Waals surface area contributed by atoms with Crippen LogP contribution in [0.2, 0.25) is 0 Å². The van der Waals surface area contributed by atoms with Crippen LogP contribution in [0.4, 0.5) is 4.39 Å². The summed E-state index contributed by atoms with van der Waals surface area (Å²) in [5.74, 6) is -0.204. The normalized spacial score (nSPS) is 10.7. The van der Waals surface area contributed by atoms with Crippen molar-refractivity contribution in [3.8, 4) is 5.75 Å². The zero-order valence-corrected chi connectivity index (χ0v) is 12.2. The van der Waals surface area contributed by atoms with E-state index in [9.17, 15) is 9.18 Å². The molecule has 2 aromatic carbocycles. The van der Waals surface area contributed by atoms with Gasteiger partial charge in [0.15, 0.2) is 5.78 Å². The molecule has 0 aromatic heterocycles. The molecule has 0 bridgehead atoms. The van der Waals surface area contributed by atoms with Crippen molar-refractivity contribution in [2.24, 2.45) is 0 Å². The molecule has 0 spiro atoms. The first-order valence-corrected chi connectivity index (χ1v) is 6.69. The van der Waals surface area contributed by atoms with Crippen molar-refractivity contribution in [3.63, 3.8) is 0 Å². The highest BCUT2D eigenvalue weighted by atomic mass is 19.1. The summed E-state index contributed by atoms with van der Waals surface area (Å²) in [6, 6.07) is 13.8. The second kappa shape index (κ2) is 6.99. The second-order valence-corrected chi connectivity index (χ2v) is 4.93. The minimum absolute atomic E-state index is 0.162. The van der Waals surface area contributed by atoms with E-state index in [1.54, 1.807) is 0 Å². The van der Waals surface area contributed by atoms with Crippen molar-refractivity contribution in [2.45, 2.75) is 6.54 Å². The van der Waals surface area contributed by atoms with E-state index in [4.69, 9.17) is 4.74 Å². The topological polar surface area (TPSA) is 29.5 Å². The van der Waals surface area contributed by atoms with E-state index in [1.807, 2.05) is 42.3 Å². The molecule has 0 radical (unpaired) electrons. The molecule has 0 N–H and O–H groups in total. The Kier molecular flexibility index (Phi) is 5.06.